The summed E-state index contributed by atoms with van der Waals surface area (Å²) in [5.74, 6) is 0.910. The number of hydrogen-bond acceptors (Lipinski definition) is 5. The molecule has 2 aromatic carbocycles. The second kappa shape index (κ2) is 11.4. The zero-order valence-electron chi connectivity index (χ0n) is 22.9. The van der Waals surface area contributed by atoms with Gasteiger partial charge in [0, 0.05) is 29.8 Å². The van der Waals surface area contributed by atoms with Gasteiger partial charge in [-0.1, -0.05) is 67.9 Å². The summed E-state index contributed by atoms with van der Waals surface area (Å²) >= 11 is 0. The van der Waals surface area contributed by atoms with E-state index in [4.69, 9.17) is 9.72 Å². The fourth-order valence-electron chi connectivity index (χ4n) is 5.35. The van der Waals surface area contributed by atoms with Gasteiger partial charge in [0.1, 0.15) is 5.82 Å². The molecule has 1 N–H and O–H groups in total. The standard InChI is InChI=1S/C32H36N4O3/c1-23-12-14-26(15-13-23)34-31(38)36-22-25(21-27-10-7-11-29(33-27)35-16-18-39-19-17-35)30(37)32(2,3)28(36)20-24-8-5-4-6-9-24/h4-15,21,28H,16-20,22H2,1-3H3,(H,34,38)/b25-21+. The Hall–Kier alpha value is -3.97. The van der Waals surface area contributed by atoms with Gasteiger partial charge in [-0.3, -0.25) is 4.79 Å². The van der Waals surface area contributed by atoms with E-state index in [1.54, 1.807) is 0 Å². The number of carbonyl (C=O) groups is 2. The number of nitrogens with one attached hydrogen (secondary N) is 1. The number of amides is 2. The fourth-order valence-corrected chi connectivity index (χ4v) is 5.35. The molecule has 5 rings (SSSR count). The van der Waals surface area contributed by atoms with Crippen molar-refractivity contribution in [1.82, 2.24) is 9.88 Å². The minimum Gasteiger partial charge on any atom is -0.378 e. The third-order valence-electron chi connectivity index (χ3n) is 7.68. The van der Waals surface area contributed by atoms with E-state index in [0.717, 1.165) is 35.7 Å². The predicted octanol–water partition coefficient (Wildman–Crippen LogP) is 5.36. The summed E-state index contributed by atoms with van der Waals surface area (Å²) in [6.07, 6.45) is 2.43. The number of carbonyl (C=O) groups excluding carboxylic acids is 2. The van der Waals surface area contributed by atoms with E-state index >= 15 is 0 Å². The average Bonchev–Trinajstić information content (AvgIpc) is 2.95. The lowest BCUT2D eigenvalue weighted by molar-refractivity contribution is -0.128. The highest BCUT2D eigenvalue weighted by atomic mass is 16.5. The van der Waals surface area contributed by atoms with Crippen LogP contribution in [-0.2, 0) is 16.0 Å². The molecule has 1 atom stereocenters. The van der Waals surface area contributed by atoms with Crippen LogP contribution in [0.2, 0.25) is 0 Å². The van der Waals surface area contributed by atoms with Gasteiger partial charge in [-0.2, -0.15) is 0 Å². The highest BCUT2D eigenvalue weighted by molar-refractivity contribution is 6.06. The molecule has 2 fully saturated rings. The van der Waals surface area contributed by atoms with Crippen molar-refractivity contribution in [2.24, 2.45) is 5.41 Å². The molecule has 3 aromatic rings. The number of morpholine rings is 1. The Labute approximate surface area is 230 Å². The van der Waals surface area contributed by atoms with Crippen molar-refractivity contribution in [2.75, 3.05) is 43.1 Å². The lowest BCUT2D eigenvalue weighted by Gasteiger charge is -2.46. The number of ether oxygens (including phenoxy) is 1. The van der Waals surface area contributed by atoms with Crippen LogP contribution in [0.15, 0.2) is 78.4 Å². The molecule has 0 spiro atoms. The lowest BCUT2D eigenvalue weighted by atomic mass is 9.71. The number of Topliss-reactive ketones (excluding diaryl/α,β-unsaturated/α-hetero) is 1. The zero-order chi connectivity index (χ0) is 27.4. The number of likely N-dealkylation sites (tertiary alicyclic amines) is 1. The normalized spacial score (nSPS) is 20.2. The van der Waals surface area contributed by atoms with Crippen LogP contribution in [0.25, 0.3) is 6.08 Å². The topological polar surface area (TPSA) is 74.8 Å². The Balaban J connectivity index is 1.47. The van der Waals surface area contributed by atoms with E-state index in [1.807, 2.05) is 105 Å². The van der Waals surface area contributed by atoms with E-state index in [2.05, 4.69) is 10.2 Å². The molecule has 1 unspecified atom stereocenters. The monoisotopic (exact) mass is 524 g/mol. The molecule has 0 saturated carbocycles. The second-order valence-electron chi connectivity index (χ2n) is 10.9. The molecule has 202 valence electrons. The summed E-state index contributed by atoms with van der Waals surface area (Å²) in [5, 5.41) is 3.06. The van der Waals surface area contributed by atoms with Crippen LogP contribution in [-0.4, -0.2) is 60.6 Å². The maximum Gasteiger partial charge on any atom is 0.322 e. The van der Waals surface area contributed by atoms with Crippen LogP contribution in [0.5, 0.6) is 0 Å². The molecule has 1 aromatic heterocycles. The first-order chi connectivity index (χ1) is 18.8. The van der Waals surface area contributed by atoms with Crippen molar-refractivity contribution < 1.29 is 14.3 Å². The summed E-state index contributed by atoms with van der Waals surface area (Å²) < 4.78 is 5.48. The first-order valence-electron chi connectivity index (χ1n) is 13.5. The van der Waals surface area contributed by atoms with Crippen LogP contribution >= 0.6 is 0 Å². The van der Waals surface area contributed by atoms with Crippen LogP contribution < -0.4 is 10.2 Å². The van der Waals surface area contributed by atoms with Gasteiger partial charge >= 0.3 is 6.03 Å². The number of pyridine rings is 1. The molecule has 2 saturated heterocycles. The number of hydrogen-bond donors (Lipinski definition) is 1. The van der Waals surface area contributed by atoms with Gasteiger partial charge in [0.05, 0.1) is 31.5 Å². The van der Waals surface area contributed by atoms with Crippen molar-refractivity contribution in [3.63, 3.8) is 0 Å². The van der Waals surface area contributed by atoms with Gasteiger partial charge in [0.2, 0.25) is 0 Å². The molecule has 0 bridgehead atoms. The first-order valence-corrected chi connectivity index (χ1v) is 13.5. The Morgan fingerprint density at radius 2 is 1.74 bits per heavy atom. The molecule has 2 aliphatic rings. The third-order valence-corrected chi connectivity index (χ3v) is 7.68. The van der Waals surface area contributed by atoms with Crippen LogP contribution in [0.4, 0.5) is 16.3 Å². The molecule has 0 radical (unpaired) electrons. The van der Waals surface area contributed by atoms with E-state index < -0.39 is 5.41 Å². The smallest absolute Gasteiger partial charge is 0.322 e. The summed E-state index contributed by atoms with van der Waals surface area (Å²) in [5.41, 5.74) is 3.42. The number of nitrogens with zero attached hydrogens (tertiary/aromatic N) is 3. The number of anilines is 2. The van der Waals surface area contributed by atoms with Crippen molar-refractivity contribution >= 4 is 29.4 Å². The Bertz CT molecular complexity index is 1350. The zero-order valence-corrected chi connectivity index (χ0v) is 22.9. The number of ketones is 1. The Kier molecular flexibility index (Phi) is 7.79. The summed E-state index contributed by atoms with van der Waals surface area (Å²) in [6.45, 7) is 9.03. The highest BCUT2D eigenvalue weighted by Gasteiger charge is 2.47. The number of aromatic nitrogens is 1. The maximum absolute atomic E-state index is 13.9. The molecule has 7 heteroatoms. The summed E-state index contributed by atoms with van der Waals surface area (Å²) in [6, 6.07) is 23.1. The van der Waals surface area contributed by atoms with Crippen molar-refractivity contribution in [2.45, 2.75) is 33.2 Å². The van der Waals surface area contributed by atoms with Crippen molar-refractivity contribution in [1.29, 1.82) is 0 Å². The fraction of sp³-hybridized carbons (Fsp3) is 0.344. The molecule has 2 aliphatic heterocycles. The van der Waals surface area contributed by atoms with Crippen LogP contribution in [0.3, 0.4) is 0 Å². The van der Waals surface area contributed by atoms with Crippen molar-refractivity contribution in [3.8, 4) is 0 Å². The molecule has 2 amide bonds. The van der Waals surface area contributed by atoms with E-state index in [0.29, 0.717) is 30.9 Å². The minimum absolute atomic E-state index is 0.0430. The Morgan fingerprint density at radius 1 is 1.03 bits per heavy atom. The van der Waals surface area contributed by atoms with Gasteiger partial charge in [-0.25, -0.2) is 9.78 Å². The summed E-state index contributed by atoms with van der Waals surface area (Å²) in [7, 11) is 0. The molecule has 3 heterocycles. The highest BCUT2D eigenvalue weighted by Crippen LogP contribution is 2.38. The number of aryl methyl sites for hydroxylation is 1. The Morgan fingerprint density at radius 3 is 2.46 bits per heavy atom. The van der Waals surface area contributed by atoms with E-state index in [-0.39, 0.29) is 24.4 Å². The largest absolute Gasteiger partial charge is 0.378 e. The second-order valence-corrected chi connectivity index (χ2v) is 10.9. The maximum atomic E-state index is 13.9. The van der Waals surface area contributed by atoms with Crippen molar-refractivity contribution in [3.05, 3.63) is 95.2 Å². The predicted molar refractivity (Wildman–Crippen MR) is 155 cm³/mol. The van der Waals surface area contributed by atoms with Gasteiger partial charge in [-0.05, 0) is 49.2 Å². The number of rotatable bonds is 5. The minimum atomic E-state index is -0.799. The first kappa shape index (κ1) is 26.6. The number of urea groups is 1. The van der Waals surface area contributed by atoms with Gasteiger partial charge in [-0.15, -0.1) is 0 Å². The van der Waals surface area contributed by atoms with Crippen LogP contribution in [0.1, 0.15) is 30.7 Å². The number of benzene rings is 2. The van der Waals surface area contributed by atoms with Gasteiger partial charge < -0.3 is 19.9 Å². The SMILES string of the molecule is Cc1ccc(NC(=O)N2C/C(=C\c3cccc(N4CCOCC4)n3)C(=O)C(C)(C)C2Cc2ccccc2)cc1. The van der Waals surface area contributed by atoms with Gasteiger partial charge in [0.15, 0.2) is 5.78 Å². The molecule has 39 heavy (non-hydrogen) atoms. The van der Waals surface area contributed by atoms with Crippen LogP contribution in [0, 0.1) is 12.3 Å². The molecular weight excluding hydrogens is 488 g/mol. The quantitative estimate of drug-likeness (QED) is 0.455. The molecular formula is C32H36N4O3. The third kappa shape index (κ3) is 6.04. The molecule has 0 aliphatic carbocycles. The summed E-state index contributed by atoms with van der Waals surface area (Å²) in [4.78, 5) is 36.5. The average molecular weight is 525 g/mol. The lowest BCUT2D eigenvalue weighted by Crippen LogP contribution is -2.59. The van der Waals surface area contributed by atoms with E-state index in [1.165, 1.54) is 0 Å². The number of piperidine rings is 1. The van der Waals surface area contributed by atoms with E-state index in [9.17, 15) is 9.59 Å². The van der Waals surface area contributed by atoms with Gasteiger partial charge in [0.25, 0.3) is 0 Å². The molecule has 7 nitrogen and oxygen atoms in total.